The van der Waals surface area contributed by atoms with Gasteiger partial charge in [-0.25, -0.2) is 0 Å². The van der Waals surface area contributed by atoms with E-state index in [0.29, 0.717) is 5.56 Å². The molecule has 0 spiro atoms. The maximum absolute atomic E-state index is 12.8. The van der Waals surface area contributed by atoms with Gasteiger partial charge in [-0.2, -0.15) is 0 Å². The topological polar surface area (TPSA) is 73.4 Å². The molecule has 1 aromatic heterocycles. The average Bonchev–Trinajstić information content (AvgIpc) is 2.84. The molecule has 112 valence electrons. The molecule has 2 rings (SSSR count). The number of nitrogens with one attached hydrogen (secondary N) is 1. The zero-order valence-electron chi connectivity index (χ0n) is 12.5. The van der Waals surface area contributed by atoms with Crippen LogP contribution >= 0.6 is 0 Å². The Bertz CT molecular complexity index is 667. The fraction of sp³-hybridized carbons (Fsp3) is 0.375. The first-order valence-electron chi connectivity index (χ1n) is 6.90. The van der Waals surface area contributed by atoms with Gasteiger partial charge in [0.25, 0.3) is 5.91 Å². The lowest BCUT2D eigenvalue weighted by molar-refractivity contribution is -0.137. The Morgan fingerprint density at radius 2 is 1.95 bits per heavy atom. The van der Waals surface area contributed by atoms with Gasteiger partial charge in [0.1, 0.15) is 0 Å². The van der Waals surface area contributed by atoms with Crippen LogP contribution in [0.2, 0.25) is 0 Å². The van der Waals surface area contributed by atoms with Crippen molar-refractivity contribution in [3.8, 4) is 0 Å². The molecule has 0 bridgehead atoms. The van der Waals surface area contributed by atoms with Crippen LogP contribution in [0.1, 0.15) is 37.6 Å². The summed E-state index contributed by atoms with van der Waals surface area (Å²) >= 11 is 0. The molecule has 2 N–H and O–H groups in total. The number of H-pyrrole nitrogens is 1. The summed E-state index contributed by atoms with van der Waals surface area (Å²) in [6.07, 6.45) is 1.73. The Hall–Kier alpha value is -2.30. The highest BCUT2D eigenvalue weighted by atomic mass is 16.4. The van der Waals surface area contributed by atoms with Crippen molar-refractivity contribution in [3.63, 3.8) is 0 Å². The first-order chi connectivity index (χ1) is 9.80. The molecule has 0 aliphatic heterocycles. The number of hydrogen-bond acceptors (Lipinski definition) is 2. The number of rotatable bonds is 4. The van der Waals surface area contributed by atoms with Crippen LogP contribution in [0.3, 0.4) is 0 Å². The number of hydrogen-bond donors (Lipinski definition) is 2. The van der Waals surface area contributed by atoms with Crippen LogP contribution in [-0.4, -0.2) is 39.0 Å². The molecule has 0 fully saturated rings. The number of benzene rings is 1. The van der Waals surface area contributed by atoms with Crippen molar-refractivity contribution < 1.29 is 14.7 Å². The SMILES string of the molecule is CC(C)(C)N(CCC(=O)O)C(=O)c1cccc2cc[nH]c12. The molecule has 0 radical (unpaired) electrons. The number of para-hydroxylation sites is 1. The van der Waals surface area contributed by atoms with E-state index in [2.05, 4.69) is 4.98 Å². The quantitative estimate of drug-likeness (QED) is 0.908. The highest BCUT2D eigenvalue weighted by Gasteiger charge is 2.28. The van der Waals surface area contributed by atoms with E-state index in [1.807, 2.05) is 39.0 Å². The van der Waals surface area contributed by atoms with Gasteiger partial charge in [-0.05, 0) is 32.9 Å². The summed E-state index contributed by atoms with van der Waals surface area (Å²) in [4.78, 5) is 28.3. The predicted octanol–water partition coefficient (Wildman–Crippen LogP) is 2.88. The van der Waals surface area contributed by atoms with Crippen molar-refractivity contribution in [2.45, 2.75) is 32.7 Å². The van der Waals surface area contributed by atoms with Crippen LogP contribution in [0, 0.1) is 0 Å². The predicted molar refractivity (Wildman–Crippen MR) is 81.3 cm³/mol. The molecular weight excluding hydrogens is 268 g/mol. The highest BCUT2D eigenvalue weighted by molar-refractivity contribution is 6.06. The number of nitrogens with zero attached hydrogens (tertiary/aromatic N) is 1. The van der Waals surface area contributed by atoms with E-state index in [9.17, 15) is 9.59 Å². The second-order valence-electron chi connectivity index (χ2n) is 6.02. The fourth-order valence-corrected chi connectivity index (χ4v) is 2.36. The van der Waals surface area contributed by atoms with Crippen LogP contribution in [0.15, 0.2) is 30.5 Å². The van der Waals surface area contributed by atoms with Crippen molar-refractivity contribution in [2.75, 3.05) is 6.54 Å². The molecule has 5 nitrogen and oxygen atoms in total. The lowest BCUT2D eigenvalue weighted by Gasteiger charge is -2.35. The minimum Gasteiger partial charge on any atom is -0.481 e. The Kier molecular flexibility index (Phi) is 4.02. The molecule has 5 heteroatoms. The molecule has 0 saturated heterocycles. The zero-order valence-corrected chi connectivity index (χ0v) is 12.5. The van der Waals surface area contributed by atoms with Gasteiger partial charge in [-0.15, -0.1) is 0 Å². The Morgan fingerprint density at radius 3 is 2.57 bits per heavy atom. The van der Waals surface area contributed by atoms with E-state index < -0.39 is 11.5 Å². The lowest BCUT2D eigenvalue weighted by Crippen LogP contribution is -2.46. The normalized spacial score (nSPS) is 11.6. The van der Waals surface area contributed by atoms with E-state index >= 15 is 0 Å². The van der Waals surface area contributed by atoms with E-state index in [4.69, 9.17) is 5.11 Å². The maximum atomic E-state index is 12.8. The zero-order chi connectivity index (χ0) is 15.6. The molecule has 1 heterocycles. The van der Waals surface area contributed by atoms with E-state index in [0.717, 1.165) is 10.9 Å². The number of carbonyl (C=O) groups excluding carboxylic acids is 1. The Morgan fingerprint density at radius 1 is 1.24 bits per heavy atom. The summed E-state index contributed by atoms with van der Waals surface area (Å²) in [5.41, 5.74) is 0.909. The van der Waals surface area contributed by atoms with Crippen LogP contribution in [0.25, 0.3) is 10.9 Å². The summed E-state index contributed by atoms with van der Waals surface area (Å²) in [5, 5.41) is 9.84. The third-order valence-corrected chi connectivity index (χ3v) is 3.42. The first-order valence-corrected chi connectivity index (χ1v) is 6.90. The molecular formula is C16H20N2O3. The summed E-state index contributed by atoms with van der Waals surface area (Å²) in [7, 11) is 0. The fourth-order valence-electron chi connectivity index (χ4n) is 2.36. The van der Waals surface area contributed by atoms with Crippen LogP contribution in [0.5, 0.6) is 0 Å². The van der Waals surface area contributed by atoms with Crippen molar-refractivity contribution in [1.82, 2.24) is 9.88 Å². The van der Waals surface area contributed by atoms with Gasteiger partial charge >= 0.3 is 5.97 Å². The molecule has 0 aliphatic carbocycles. The van der Waals surface area contributed by atoms with Gasteiger partial charge in [0, 0.05) is 23.7 Å². The van der Waals surface area contributed by atoms with Gasteiger partial charge in [-0.3, -0.25) is 9.59 Å². The van der Waals surface area contributed by atoms with E-state index in [1.165, 1.54) is 0 Å². The minimum absolute atomic E-state index is 0.0658. The molecule has 1 aromatic carbocycles. The van der Waals surface area contributed by atoms with Crippen LogP contribution in [0.4, 0.5) is 0 Å². The van der Waals surface area contributed by atoms with Gasteiger partial charge < -0.3 is 15.0 Å². The number of aliphatic carboxylic acids is 1. The third-order valence-electron chi connectivity index (χ3n) is 3.42. The maximum Gasteiger partial charge on any atom is 0.305 e. The molecule has 21 heavy (non-hydrogen) atoms. The number of aromatic amines is 1. The molecule has 1 amide bonds. The number of fused-ring (bicyclic) bond motifs is 1. The highest BCUT2D eigenvalue weighted by Crippen LogP contribution is 2.23. The van der Waals surface area contributed by atoms with Crippen LogP contribution < -0.4 is 0 Å². The van der Waals surface area contributed by atoms with E-state index in [1.54, 1.807) is 17.2 Å². The van der Waals surface area contributed by atoms with E-state index in [-0.39, 0.29) is 18.9 Å². The summed E-state index contributed by atoms with van der Waals surface area (Å²) in [5.74, 6) is -1.06. The molecule has 0 saturated carbocycles. The number of carbonyl (C=O) groups is 2. The summed E-state index contributed by atoms with van der Waals surface area (Å²) in [6.45, 7) is 5.90. The molecule has 0 atom stereocenters. The Labute approximate surface area is 123 Å². The average molecular weight is 288 g/mol. The second-order valence-corrected chi connectivity index (χ2v) is 6.02. The number of carboxylic acids is 1. The van der Waals surface area contributed by atoms with Crippen LogP contribution in [-0.2, 0) is 4.79 Å². The largest absolute Gasteiger partial charge is 0.481 e. The summed E-state index contributed by atoms with van der Waals surface area (Å²) < 4.78 is 0. The number of amides is 1. The lowest BCUT2D eigenvalue weighted by atomic mass is 10.0. The monoisotopic (exact) mass is 288 g/mol. The number of aromatic nitrogens is 1. The minimum atomic E-state index is -0.907. The standard InChI is InChI=1S/C16H20N2O3/c1-16(2,3)18(10-8-13(19)20)15(21)12-6-4-5-11-7-9-17-14(11)12/h4-7,9,17H,8,10H2,1-3H3,(H,19,20). The van der Waals surface area contributed by atoms with Gasteiger partial charge in [-0.1, -0.05) is 12.1 Å². The van der Waals surface area contributed by atoms with Crippen molar-refractivity contribution in [1.29, 1.82) is 0 Å². The third kappa shape index (κ3) is 3.24. The summed E-state index contributed by atoms with van der Waals surface area (Å²) in [6, 6.07) is 7.44. The molecule has 2 aromatic rings. The van der Waals surface area contributed by atoms with Gasteiger partial charge in [0.15, 0.2) is 0 Å². The van der Waals surface area contributed by atoms with Gasteiger partial charge in [0.05, 0.1) is 17.5 Å². The number of carboxylic acid groups (broad SMARTS) is 1. The van der Waals surface area contributed by atoms with Crippen molar-refractivity contribution in [3.05, 3.63) is 36.0 Å². The van der Waals surface area contributed by atoms with Crippen molar-refractivity contribution in [2.24, 2.45) is 0 Å². The molecule has 0 unspecified atom stereocenters. The Balaban J connectivity index is 2.38. The smallest absolute Gasteiger partial charge is 0.305 e. The second kappa shape index (κ2) is 5.60. The van der Waals surface area contributed by atoms with Crippen molar-refractivity contribution >= 4 is 22.8 Å². The first kappa shape index (κ1) is 15.1. The molecule has 0 aliphatic rings. The van der Waals surface area contributed by atoms with Gasteiger partial charge in [0.2, 0.25) is 0 Å².